The first-order valence-electron chi connectivity index (χ1n) is 9.81. The van der Waals surface area contributed by atoms with Crippen molar-refractivity contribution in [3.05, 3.63) is 66.0 Å². The van der Waals surface area contributed by atoms with Gasteiger partial charge in [0.25, 0.3) is 5.91 Å². The molecule has 0 radical (unpaired) electrons. The predicted octanol–water partition coefficient (Wildman–Crippen LogP) is 2.59. The number of aromatic nitrogens is 3. The zero-order valence-corrected chi connectivity index (χ0v) is 16.7. The lowest BCUT2D eigenvalue weighted by atomic mass is 10.1. The second-order valence-corrected chi connectivity index (χ2v) is 7.25. The molecule has 0 saturated heterocycles. The number of carbonyl (C=O) groups is 1. The van der Waals surface area contributed by atoms with E-state index in [0.717, 1.165) is 17.1 Å². The number of hydrogen-bond donors (Lipinski definition) is 1. The van der Waals surface area contributed by atoms with E-state index in [9.17, 15) is 4.79 Å². The van der Waals surface area contributed by atoms with E-state index in [1.54, 1.807) is 0 Å². The van der Waals surface area contributed by atoms with Crippen LogP contribution >= 0.6 is 0 Å². The molecule has 29 heavy (non-hydrogen) atoms. The van der Waals surface area contributed by atoms with Crippen LogP contribution in [0, 0.1) is 0 Å². The summed E-state index contributed by atoms with van der Waals surface area (Å²) in [6.45, 7) is 3.86. The molecular formula is C22H25N5O2. The van der Waals surface area contributed by atoms with Crippen LogP contribution in [0.25, 0.3) is 11.4 Å². The molecule has 0 unspecified atom stereocenters. The van der Waals surface area contributed by atoms with Gasteiger partial charge in [0, 0.05) is 37.0 Å². The van der Waals surface area contributed by atoms with E-state index in [1.165, 1.54) is 0 Å². The highest BCUT2D eigenvalue weighted by atomic mass is 16.3. The molecule has 1 atom stereocenters. The SMILES string of the molecule is C[C@H]1c2nc(-c3ccccc3)nn2CCN1C(=O)c1ccc(N(C)CCO)cc1. The van der Waals surface area contributed by atoms with Crippen LogP contribution in [0.2, 0.25) is 0 Å². The number of carbonyl (C=O) groups excluding carboxylic acids is 1. The van der Waals surface area contributed by atoms with Crippen LogP contribution in [0.4, 0.5) is 5.69 Å². The number of nitrogens with zero attached hydrogens (tertiary/aromatic N) is 5. The second-order valence-electron chi connectivity index (χ2n) is 7.25. The predicted molar refractivity (Wildman–Crippen MR) is 112 cm³/mol. The van der Waals surface area contributed by atoms with Crippen molar-refractivity contribution >= 4 is 11.6 Å². The summed E-state index contributed by atoms with van der Waals surface area (Å²) in [6.07, 6.45) is 0. The lowest BCUT2D eigenvalue weighted by Gasteiger charge is -2.33. The Kier molecular flexibility index (Phi) is 5.31. The van der Waals surface area contributed by atoms with Gasteiger partial charge in [-0.05, 0) is 31.2 Å². The second kappa shape index (κ2) is 8.05. The summed E-state index contributed by atoms with van der Waals surface area (Å²) in [5.41, 5.74) is 2.59. The average Bonchev–Trinajstić information content (AvgIpc) is 3.20. The van der Waals surface area contributed by atoms with Gasteiger partial charge < -0.3 is 14.9 Å². The quantitative estimate of drug-likeness (QED) is 0.724. The first-order chi connectivity index (χ1) is 14.1. The van der Waals surface area contributed by atoms with Crippen LogP contribution in [0.1, 0.15) is 29.1 Å². The number of fused-ring (bicyclic) bond motifs is 1. The smallest absolute Gasteiger partial charge is 0.254 e. The zero-order chi connectivity index (χ0) is 20.4. The zero-order valence-electron chi connectivity index (χ0n) is 16.7. The molecule has 2 aromatic carbocycles. The summed E-state index contributed by atoms with van der Waals surface area (Å²) in [7, 11) is 1.91. The maximum atomic E-state index is 13.1. The Morgan fingerprint density at radius 2 is 1.86 bits per heavy atom. The Morgan fingerprint density at radius 1 is 1.14 bits per heavy atom. The molecule has 1 amide bonds. The Bertz CT molecular complexity index is 984. The fourth-order valence-corrected chi connectivity index (χ4v) is 3.65. The summed E-state index contributed by atoms with van der Waals surface area (Å²) < 4.78 is 1.91. The van der Waals surface area contributed by atoms with E-state index in [1.807, 2.05) is 83.1 Å². The third-order valence-corrected chi connectivity index (χ3v) is 5.38. The van der Waals surface area contributed by atoms with Crippen LogP contribution < -0.4 is 4.90 Å². The Hall–Kier alpha value is -3.19. The van der Waals surface area contributed by atoms with E-state index in [0.29, 0.717) is 31.0 Å². The van der Waals surface area contributed by atoms with E-state index in [-0.39, 0.29) is 18.6 Å². The normalized spacial score (nSPS) is 15.8. The minimum Gasteiger partial charge on any atom is -0.395 e. The van der Waals surface area contributed by atoms with Gasteiger partial charge in [-0.25, -0.2) is 9.67 Å². The van der Waals surface area contributed by atoms with Crippen molar-refractivity contribution in [3.63, 3.8) is 0 Å². The van der Waals surface area contributed by atoms with Crippen LogP contribution in [-0.4, -0.2) is 57.4 Å². The molecule has 1 aliphatic rings. The maximum Gasteiger partial charge on any atom is 0.254 e. The third-order valence-electron chi connectivity index (χ3n) is 5.38. The molecule has 0 spiro atoms. The fraction of sp³-hybridized carbons (Fsp3) is 0.318. The number of aliphatic hydroxyl groups excluding tert-OH is 1. The maximum absolute atomic E-state index is 13.1. The van der Waals surface area contributed by atoms with Crippen molar-refractivity contribution < 1.29 is 9.90 Å². The van der Waals surface area contributed by atoms with Gasteiger partial charge in [-0.3, -0.25) is 4.79 Å². The molecule has 1 aromatic heterocycles. The van der Waals surface area contributed by atoms with Gasteiger partial charge in [0.1, 0.15) is 5.82 Å². The molecule has 0 fully saturated rings. The van der Waals surface area contributed by atoms with Gasteiger partial charge in [0.2, 0.25) is 0 Å². The molecule has 2 heterocycles. The first-order valence-corrected chi connectivity index (χ1v) is 9.81. The number of benzene rings is 2. The van der Waals surface area contributed by atoms with E-state index >= 15 is 0 Å². The largest absolute Gasteiger partial charge is 0.395 e. The molecule has 1 aliphatic heterocycles. The molecule has 1 N–H and O–H groups in total. The average molecular weight is 391 g/mol. The number of rotatable bonds is 5. The highest BCUT2D eigenvalue weighted by Crippen LogP contribution is 2.28. The minimum absolute atomic E-state index is 0.00984. The van der Waals surface area contributed by atoms with Gasteiger partial charge in [0.05, 0.1) is 19.2 Å². The number of amides is 1. The topological polar surface area (TPSA) is 74.5 Å². The summed E-state index contributed by atoms with van der Waals surface area (Å²) >= 11 is 0. The van der Waals surface area contributed by atoms with E-state index in [2.05, 4.69) is 5.10 Å². The van der Waals surface area contributed by atoms with E-state index in [4.69, 9.17) is 10.1 Å². The lowest BCUT2D eigenvalue weighted by Crippen LogP contribution is -2.41. The molecule has 0 aliphatic carbocycles. The Labute approximate surface area is 170 Å². The third kappa shape index (κ3) is 3.73. The summed E-state index contributed by atoms with van der Waals surface area (Å²) in [5.74, 6) is 1.49. The van der Waals surface area contributed by atoms with Gasteiger partial charge >= 0.3 is 0 Å². The van der Waals surface area contributed by atoms with Crippen LogP contribution in [-0.2, 0) is 6.54 Å². The molecule has 150 valence electrons. The van der Waals surface area contributed by atoms with Gasteiger partial charge in [-0.2, -0.15) is 5.10 Å². The standard InChI is InChI=1S/C22H25N5O2/c1-16-21-23-20(17-6-4-3-5-7-17)24-27(21)13-12-26(16)22(29)18-8-10-19(11-9-18)25(2)14-15-28/h3-11,16,28H,12-15H2,1-2H3/t16-/m0/s1. The minimum atomic E-state index is -0.155. The summed E-state index contributed by atoms with van der Waals surface area (Å²) in [5, 5.41) is 13.7. The van der Waals surface area contributed by atoms with Crippen molar-refractivity contribution in [1.82, 2.24) is 19.7 Å². The van der Waals surface area contributed by atoms with Crippen molar-refractivity contribution in [1.29, 1.82) is 0 Å². The van der Waals surface area contributed by atoms with E-state index < -0.39 is 0 Å². The van der Waals surface area contributed by atoms with Gasteiger partial charge in [-0.1, -0.05) is 30.3 Å². The van der Waals surface area contributed by atoms with Crippen LogP contribution in [0.3, 0.4) is 0 Å². The molecular weight excluding hydrogens is 366 g/mol. The molecule has 0 saturated carbocycles. The van der Waals surface area contributed by atoms with Crippen LogP contribution in [0.15, 0.2) is 54.6 Å². The Morgan fingerprint density at radius 3 is 2.55 bits per heavy atom. The monoisotopic (exact) mass is 391 g/mol. The van der Waals surface area contributed by atoms with Crippen molar-refractivity contribution in [2.75, 3.05) is 31.6 Å². The lowest BCUT2D eigenvalue weighted by molar-refractivity contribution is 0.0631. The summed E-state index contributed by atoms with van der Waals surface area (Å²) in [6, 6.07) is 17.2. The molecule has 4 rings (SSSR count). The highest BCUT2D eigenvalue weighted by molar-refractivity contribution is 5.94. The molecule has 0 bridgehead atoms. The summed E-state index contributed by atoms with van der Waals surface area (Å²) in [4.78, 5) is 21.6. The fourth-order valence-electron chi connectivity index (χ4n) is 3.65. The molecule has 7 nitrogen and oxygen atoms in total. The number of likely N-dealkylation sites (N-methyl/N-ethyl adjacent to an activating group) is 1. The number of hydrogen-bond acceptors (Lipinski definition) is 5. The highest BCUT2D eigenvalue weighted by Gasteiger charge is 2.31. The molecule has 7 heteroatoms. The van der Waals surface area contributed by atoms with Gasteiger partial charge in [0.15, 0.2) is 5.82 Å². The first kappa shape index (κ1) is 19.1. The van der Waals surface area contributed by atoms with Crippen molar-refractivity contribution in [2.24, 2.45) is 0 Å². The Balaban J connectivity index is 1.53. The number of aliphatic hydroxyl groups is 1. The van der Waals surface area contributed by atoms with Crippen LogP contribution in [0.5, 0.6) is 0 Å². The molecule has 3 aromatic rings. The van der Waals surface area contributed by atoms with Gasteiger partial charge in [-0.15, -0.1) is 0 Å². The van der Waals surface area contributed by atoms with Crippen molar-refractivity contribution in [2.45, 2.75) is 19.5 Å². The number of anilines is 1. The van der Waals surface area contributed by atoms with Crippen molar-refractivity contribution in [3.8, 4) is 11.4 Å².